The Hall–Kier alpha value is -3.87. The Morgan fingerprint density at radius 3 is 2.42 bits per heavy atom. The van der Waals surface area contributed by atoms with E-state index in [1.165, 1.54) is 6.92 Å². The number of aryl methyl sites for hydroxylation is 1. The van der Waals surface area contributed by atoms with Crippen LogP contribution in [0.15, 0.2) is 72.0 Å². The summed E-state index contributed by atoms with van der Waals surface area (Å²) < 4.78 is 6.05. The van der Waals surface area contributed by atoms with Crippen LogP contribution in [0.3, 0.4) is 0 Å². The molecule has 176 valence electrons. The lowest BCUT2D eigenvalue weighted by molar-refractivity contribution is -0.114. The van der Waals surface area contributed by atoms with Gasteiger partial charge in [0.1, 0.15) is 17.7 Å². The number of allylic oxidation sites excluding steroid dienone is 1. The van der Waals surface area contributed by atoms with E-state index in [-0.39, 0.29) is 12.0 Å². The summed E-state index contributed by atoms with van der Waals surface area (Å²) in [6.45, 7) is 12.6. The summed E-state index contributed by atoms with van der Waals surface area (Å²) in [7, 11) is 0. The van der Waals surface area contributed by atoms with Gasteiger partial charge < -0.3 is 20.7 Å². The molecule has 3 rings (SSSR count). The summed E-state index contributed by atoms with van der Waals surface area (Å²) in [5, 5.41) is 8.65. The molecule has 1 atom stereocenters. The molecule has 1 aliphatic rings. The van der Waals surface area contributed by atoms with Crippen LogP contribution in [0.2, 0.25) is 0 Å². The highest BCUT2D eigenvalue weighted by Gasteiger charge is 2.14. The molecule has 0 bridgehead atoms. The number of nitrogens with zero attached hydrogens (tertiary/aromatic N) is 1. The van der Waals surface area contributed by atoms with E-state index in [0.717, 1.165) is 16.9 Å². The molecule has 0 aromatic heterocycles. The van der Waals surface area contributed by atoms with E-state index in [4.69, 9.17) is 4.74 Å². The van der Waals surface area contributed by atoms with Crippen molar-refractivity contribution < 1.29 is 14.3 Å². The molecule has 0 fully saturated rings. The number of para-hydroxylation sites is 2. The molecular formula is C26H34N4O3. The zero-order valence-corrected chi connectivity index (χ0v) is 20.0. The number of nitrogens with one attached hydrogen (secondary N) is 3. The fraction of sp³-hybridized carbons (Fsp3) is 0.269. The van der Waals surface area contributed by atoms with Crippen molar-refractivity contribution >= 4 is 35.6 Å². The van der Waals surface area contributed by atoms with Gasteiger partial charge in [-0.3, -0.25) is 9.59 Å². The lowest BCUT2D eigenvalue weighted by Crippen LogP contribution is -2.19. The summed E-state index contributed by atoms with van der Waals surface area (Å²) >= 11 is 0. The number of ether oxygens (including phenoxy) is 1. The zero-order chi connectivity index (χ0) is 24.6. The topological polar surface area (TPSA) is 91.8 Å². The third kappa shape index (κ3) is 9.43. The monoisotopic (exact) mass is 450 g/mol. The number of rotatable bonds is 7. The van der Waals surface area contributed by atoms with Crippen molar-refractivity contribution in [2.75, 3.05) is 16.0 Å². The van der Waals surface area contributed by atoms with E-state index in [1.54, 1.807) is 18.4 Å². The Bertz CT molecular complexity index is 983. The fourth-order valence-electron chi connectivity index (χ4n) is 2.83. The Morgan fingerprint density at radius 2 is 1.82 bits per heavy atom. The van der Waals surface area contributed by atoms with E-state index in [0.29, 0.717) is 30.1 Å². The molecule has 1 aliphatic heterocycles. The van der Waals surface area contributed by atoms with Gasteiger partial charge in [0, 0.05) is 25.2 Å². The van der Waals surface area contributed by atoms with Crippen LogP contribution in [0.1, 0.15) is 39.7 Å². The Balaban J connectivity index is 0.00000101. The van der Waals surface area contributed by atoms with Crippen LogP contribution in [0.4, 0.5) is 17.1 Å². The largest absolute Gasteiger partial charge is 0.486 e. The first-order valence-corrected chi connectivity index (χ1v) is 10.9. The summed E-state index contributed by atoms with van der Waals surface area (Å²) in [6.07, 6.45) is 6.54. The molecule has 0 aliphatic carbocycles. The molecule has 33 heavy (non-hydrogen) atoms. The number of carbonyl (C=O) groups excluding carboxylic acids is 2. The van der Waals surface area contributed by atoms with E-state index >= 15 is 0 Å². The van der Waals surface area contributed by atoms with Crippen molar-refractivity contribution in [1.29, 1.82) is 0 Å². The van der Waals surface area contributed by atoms with Gasteiger partial charge in [-0.2, -0.15) is 0 Å². The van der Waals surface area contributed by atoms with Crippen molar-refractivity contribution in [2.45, 2.75) is 47.1 Å². The van der Waals surface area contributed by atoms with Crippen LogP contribution >= 0.6 is 0 Å². The Morgan fingerprint density at radius 1 is 1.15 bits per heavy atom. The molecule has 0 radical (unpaired) electrons. The molecule has 3 N–H and O–H groups in total. The Kier molecular flexibility index (Phi) is 12.4. The lowest BCUT2D eigenvalue weighted by atomic mass is 10.1. The first-order chi connectivity index (χ1) is 16.0. The SMILES string of the molecule is C=CC.CC.CC(=O)Nc1ccc(OC2C=C(Nc3ccccc3NC=O)N=CC2)cc1C. The van der Waals surface area contributed by atoms with Gasteiger partial charge in [-0.05, 0) is 55.8 Å². The second-order valence-electron chi connectivity index (χ2n) is 6.75. The minimum absolute atomic E-state index is 0.108. The highest BCUT2D eigenvalue weighted by molar-refractivity contribution is 5.89. The second kappa shape index (κ2) is 15.0. The quantitative estimate of drug-likeness (QED) is 0.361. The van der Waals surface area contributed by atoms with Gasteiger partial charge in [0.2, 0.25) is 12.3 Å². The highest BCUT2D eigenvalue weighted by atomic mass is 16.5. The molecule has 2 amide bonds. The predicted octanol–water partition coefficient (Wildman–Crippen LogP) is 5.92. The summed E-state index contributed by atoms with van der Waals surface area (Å²) in [6, 6.07) is 12.9. The van der Waals surface area contributed by atoms with Gasteiger partial charge in [-0.25, -0.2) is 4.99 Å². The fourth-order valence-corrected chi connectivity index (χ4v) is 2.83. The van der Waals surface area contributed by atoms with E-state index < -0.39 is 0 Å². The van der Waals surface area contributed by atoms with Crippen LogP contribution in [-0.4, -0.2) is 24.6 Å². The molecule has 7 heteroatoms. The standard InChI is InChI=1S/C21H22N4O3.C3H6.C2H6/c1-14-11-16(7-8-18(14)24-15(2)27)28-17-9-10-22-21(12-17)25-20-6-4-3-5-19(20)23-13-26;1-3-2;1-2/h3-8,10-13,17,25H,9H2,1-2H3,(H,23,26)(H,24,27);3H,1H2,2H3;1-2H3. The molecule has 2 aromatic carbocycles. The number of amides is 2. The normalized spacial score (nSPS) is 13.6. The van der Waals surface area contributed by atoms with E-state index in [1.807, 2.05) is 70.2 Å². The van der Waals surface area contributed by atoms with Gasteiger partial charge in [0.25, 0.3) is 0 Å². The van der Waals surface area contributed by atoms with Crippen molar-refractivity contribution in [3.8, 4) is 5.75 Å². The summed E-state index contributed by atoms with van der Waals surface area (Å²) in [5.41, 5.74) is 3.10. The number of aliphatic imine (C=N–C) groups is 1. The number of hydrogen-bond donors (Lipinski definition) is 3. The van der Waals surface area contributed by atoms with Crippen molar-refractivity contribution in [1.82, 2.24) is 0 Å². The van der Waals surface area contributed by atoms with Crippen molar-refractivity contribution in [2.24, 2.45) is 4.99 Å². The van der Waals surface area contributed by atoms with Gasteiger partial charge in [0.15, 0.2) is 0 Å². The molecular weight excluding hydrogens is 416 g/mol. The minimum Gasteiger partial charge on any atom is -0.486 e. The number of carbonyl (C=O) groups is 2. The smallest absolute Gasteiger partial charge is 0.221 e. The first kappa shape index (κ1) is 27.2. The first-order valence-electron chi connectivity index (χ1n) is 10.9. The molecule has 2 aromatic rings. The molecule has 0 saturated carbocycles. The second-order valence-corrected chi connectivity index (χ2v) is 6.75. The maximum absolute atomic E-state index is 11.2. The molecule has 7 nitrogen and oxygen atoms in total. The molecule has 0 saturated heterocycles. The lowest BCUT2D eigenvalue weighted by Gasteiger charge is -2.20. The van der Waals surface area contributed by atoms with Crippen LogP contribution in [0.25, 0.3) is 0 Å². The third-order valence-corrected chi connectivity index (χ3v) is 4.11. The zero-order valence-electron chi connectivity index (χ0n) is 20.0. The number of hydrogen-bond acceptors (Lipinski definition) is 5. The van der Waals surface area contributed by atoms with Gasteiger partial charge in [0.05, 0.1) is 11.4 Å². The van der Waals surface area contributed by atoms with Crippen LogP contribution in [-0.2, 0) is 9.59 Å². The number of benzene rings is 2. The molecule has 1 heterocycles. The van der Waals surface area contributed by atoms with Gasteiger partial charge >= 0.3 is 0 Å². The van der Waals surface area contributed by atoms with Crippen molar-refractivity contribution in [3.63, 3.8) is 0 Å². The Labute approximate surface area is 196 Å². The van der Waals surface area contributed by atoms with Crippen LogP contribution in [0, 0.1) is 6.92 Å². The summed E-state index contributed by atoms with van der Waals surface area (Å²) in [5.74, 6) is 1.25. The van der Waals surface area contributed by atoms with E-state index in [2.05, 4.69) is 27.5 Å². The van der Waals surface area contributed by atoms with E-state index in [9.17, 15) is 9.59 Å². The van der Waals surface area contributed by atoms with Gasteiger partial charge in [-0.1, -0.05) is 32.1 Å². The molecule has 0 spiro atoms. The van der Waals surface area contributed by atoms with Crippen LogP contribution in [0.5, 0.6) is 5.75 Å². The summed E-state index contributed by atoms with van der Waals surface area (Å²) in [4.78, 5) is 26.3. The average molecular weight is 451 g/mol. The average Bonchev–Trinajstić information content (AvgIpc) is 2.79. The third-order valence-electron chi connectivity index (χ3n) is 4.11. The highest BCUT2D eigenvalue weighted by Crippen LogP contribution is 2.26. The predicted molar refractivity (Wildman–Crippen MR) is 138 cm³/mol. The maximum atomic E-state index is 11.2. The minimum atomic E-state index is -0.183. The van der Waals surface area contributed by atoms with Crippen molar-refractivity contribution in [3.05, 3.63) is 72.6 Å². The van der Waals surface area contributed by atoms with Gasteiger partial charge in [-0.15, -0.1) is 6.58 Å². The molecule has 1 unspecified atom stereocenters. The number of anilines is 3. The maximum Gasteiger partial charge on any atom is 0.221 e. The van der Waals surface area contributed by atoms with Crippen LogP contribution < -0.4 is 20.7 Å².